The topological polar surface area (TPSA) is 73.4 Å². The molecule has 2 aliphatic rings. The average molecular weight is 294 g/mol. The van der Waals surface area contributed by atoms with Gasteiger partial charge in [0.2, 0.25) is 0 Å². The van der Waals surface area contributed by atoms with Gasteiger partial charge in [0.1, 0.15) is 5.69 Å². The molecule has 1 fully saturated rings. The number of rotatable bonds is 1. The monoisotopic (exact) mass is 294 g/mol. The molecule has 2 N–H and O–H groups in total. The van der Waals surface area contributed by atoms with Crippen molar-refractivity contribution < 1.29 is 9.53 Å². The van der Waals surface area contributed by atoms with Crippen LogP contribution in [0.1, 0.15) is 42.9 Å². The second-order valence-electron chi connectivity index (χ2n) is 5.83. The Balaban J connectivity index is 0.000000774. The summed E-state index contributed by atoms with van der Waals surface area (Å²) < 4.78 is 7.45. The summed E-state index contributed by atoms with van der Waals surface area (Å²) in [6.45, 7) is 8.33. The van der Waals surface area contributed by atoms with Crippen LogP contribution in [0.15, 0.2) is 6.07 Å². The first-order valence-electron chi connectivity index (χ1n) is 7.71. The van der Waals surface area contributed by atoms with Crippen LogP contribution in [-0.2, 0) is 17.8 Å². The first-order valence-corrected chi connectivity index (χ1v) is 7.71. The molecule has 2 aliphatic heterocycles. The molecule has 0 atom stereocenters. The van der Waals surface area contributed by atoms with Crippen LogP contribution >= 0.6 is 0 Å². The van der Waals surface area contributed by atoms with Crippen molar-refractivity contribution in [2.75, 3.05) is 26.8 Å². The maximum atomic E-state index is 11.3. The number of nitrogens with zero attached hydrogens (tertiary/aromatic N) is 3. The molecule has 0 saturated carbocycles. The Morgan fingerprint density at radius 2 is 2.00 bits per heavy atom. The van der Waals surface area contributed by atoms with Crippen molar-refractivity contribution in [2.24, 2.45) is 11.1 Å². The average Bonchev–Trinajstić information content (AvgIpc) is 2.79. The minimum atomic E-state index is -0.454. The number of hydrogen-bond donors (Lipinski definition) is 1. The van der Waals surface area contributed by atoms with E-state index in [4.69, 9.17) is 10.5 Å². The van der Waals surface area contributed by atoms with Gasteiger partial charge >= 0.3 is 0 Å². The molecular formula is C15H26N4O2. The van der Waals surface area contributed by atoms with Crippen LogP contribution < -0.4 is 5.73 Å². The van der Waals surface area contributed by atoms with E-state index in [2.05, 4.69) is 17.0 Å². The summed E-state index contributed by atoms with van der Waals surface area (Å²) in [6, 6.07) is 1.82. The van der Waals surface area contributed by atoms with Crippen LogP contribution in [0.5, 0.6) is 0 Å². The fraction of sp³-hybridized carbons (Fsp3) is 0.733. The lowest BCUT2D eigenvalue weighted by Crippen LogP contribution is -2.40. The number of carbonyl (C=O) groups excluding carboxylic acids is 1. The zero-order valence-electron chi connectivity index (χ0n) is 13.3. The normalized spacial score (nSPS) is 21.1. The molecule has 3 rings (SSSR count). The molecular weight excluding hydrogens is 268 g/mol. The molecule has 1 aromatic rings. The van der Waals surface area contributed by atoms with Gasteiger partial charge in [-0.2, -0.15) is 5.10 Å². The second kappa shape index (κ2) is 6.58. The third kappa shape index (κ3) is 3.44. The van der Waals surface area contributed by atoms with Gasteiger partial charge < -0.3 is 10.5 Å². The zero-order chi connectivity index (χ0) is 15.5. The lowest BCUT2D eigenvalue weighted by Gasteiger charge is -2.38. The van der Waals surface area contributed by atoms with Gasteiger partial charge in [0.05, 0.1) is 5.69 Å². The van der Waals surface area contributed by atoms with E-state index in [-0.39, 0.29) is 5.41 Å². The van der Waals surface area contributed by atoms with E-state index in [1.165, 1.54) is 0 Å². The number of nitrogens with two attached hydrogens (primary N) is 1. The summed E-state index contributed by atoms with van der Waals surface area (Å²) >= 11 is 0. The lowest BCUT2D eigenvalue weighted by molar-refractivity contribution is -0.00749. The maximum Gasteiger partial charge on any atom is 0.269 e. The van der Waals surface area contributed by atoms with E-state index in [1.807, 2.05) is 24.6 Å². The summed E-state index contributed by atoms with van der Waals surface area (Å²) in [4.78, 5) is 13.6. The van der Waals surface area contributed by atoms with E-state index in [1.54, 1.807) is 0 Å². The van der Waals surface area contributed by atoms with Crippen molar-refractivity contribution in [2.45, 2.75) is 39.8 Å². The highest BCUT2D eigenvalue weighted by molar-refractivity contribution is 5.90. The largest absolute Gasteiger partial charge is 0.381 e. The van der Waals surface area contributed by atoms with Crippen LogP contribution in [0.2, 0.25) is 0 Å². The van der Waals surface area contributed by atoms with Crippen LogP contribution in [0.25, 0.3) is 0 Å². The maximum absolute atomic E-state index is 11.3. The molecule has 0 aromatic carbocycles. The van der Waals surface area contributed by atoms with Gasteiger partial charge in [0.15, 0.2) is 0 Å². The molecule has 6 nitrogen and oxygen atoms in total. The third-order valence-corrected chi connectivity index (χ3v) is 4.19. The molecule has 1 spiro atoms. The Hall–Kier alpha value is -1.40. The van der Waals surface area contributed by atoms with Gasteiger partial charge in [-0.15, -0.1) is 0 Å². The first-order chi connectivity index (χ1) is 10.1. The van der Waals surface area contributed by atoms with E-state index < -0.39 is 5.91 Å². The van der Waals surface area contributed by atoms with Crippen molar-refractivity contribution >= 4 is 5.91 Å². The van der Waals surface area contributed by atoms with Crippen molar-refractivity contribution in [1.82, 2.24) is 14.7 Å². The van der Waals surface area contributed by atoms with E-state index in [0.29, 0.717) is 5.69 Å². The number of fused-ring (bicyclic) bond motifs is 1. The number of primary amides is 1. The summed E-state index contributed by atoms with van der Waals surface area (Å²) in [6.07, 6.45) is 2.09. The molecule has 1 saturated heterocycles. The minimum Gasteiger partial charge on any atom is -0.381 e. The van der Waals surface area contributed by atoms with Crippen molar-refractivity contribution in [3.8, 4) is 0 Å². The highest BCUT2D eigenvalue weighted by Gasteiger charge is 2.37. The second-order valence-corrected chi connectivity index (χ2v) is 5.83. The molecule has 0 radical (unpaired) electrons. The van der Waals surface area contributed by atoms with E-state index in [0.717, 1.165) is 51.4 Å². The molecule has 118 valence electrons. The van der Waals surface area contributed by atoms with Gasteiger partial charge in [-0.25, -0.2) is 0 Å². The third-order valence-electron chi connectivity index (χ3n) is 4.19. The smallest absolute Gasteiger partial charge is 0.269 e. The Labute approximate surface area is 126 Å². The van der Waals surface area contributed by atoms with Gasteiger partial charge in [0, 0.05) is 38.3 Å². The predicted octanol–water partition coefficient (Wildman–Crippen LogP) is 1.25. The highest BCUT2D eigenvalue weighted by Crippen LogP contribution is 2.35. The molecule has 21 heavy (non-hydrogen) atoms. The Morgan fingerprint density at radius 1 is 1.33 bits per heavy atom. The predicted molar refractivity (Wildman–Crippen MR) is 80.9 cm³/mol. The van der Waals surface area contributed by atoms with Gasteiger partial charge in [-0.3, -0.25) is 14.4 Å². The molecule has 0 bridgehead atoms. The molecule has 6 heteroatoms. The first kappa shape index (κ1) is 16.0. The standard InChI is InChI=1S/C13H20N4O2.C2H6/c1-16-7-10-6-11(12(14)18)15-17(10)9-13(8-16)2-4-19-5-3-13;1-2/h6H,2-5,7-9H2,1H3,(H2,14,18);1-2H3. The number of amides is 1. The molecule has 3 heterocycles. The van der Waals surface area contributed by atoms with Crippen molar-refractivity contribution in [3.05, 3.63) is 17.5 Å². The number of hydrogen-bond acceptors (Lipinski definition) is 4. The van der Waals surface area contributed by atoms with Crippen LogP contribution in [0, 0.1) is 5.41 Å². The highest BCUT2D eigenvalue weighted by atomic mass is 16.5. The van der Waals surface area contributed by atoms with Crippen LogP contribution in [-0.4, -0.2) is 47.4 Å². The van der Waals surface area contributed by atoms with Gasteiger partial charge in [-0.05, 0) is 26.0 Å². The Bertz CT molecular complexity index is 492. The number of carbonyl (C=O) groups is 1. The molecule has 1 amide bonds. The summed E-state index contributed by atoms with van der Waals surface area (Å²) in [5.74, 6) is -0.454. The Morgan fingerprint density at radius 3 is 2.62 bits per heavy atom. The SMILES string of the molecule is CC.CN1Cc2cc(C(N)=O)nn2CC2(CCOCC2)C1. The van der Waals surface area contributed by atoms with Crippen LogP contribution in [0.4, 0.5) is 0 Å². The molecule has 1 aromatic heterocycles. The lowest BCUT2D eigenvalue weighted by atomic mass is 9.80. The summed E-state index contributed by atoms with van der Waals surface area (Å²) in [5.41, 5.74) is 6.97. The van der Waals surface area contributed by atoms with Crippen molar-refractivity contribution in [3.63, 3.8) is 0 Å². The summed E-state index contributed by atoms with van der Waals surface area (Å²) in [5, 5.41) is 4.37. The zero-order valence-corrected chi connectivity index (χ0v) is 13.3. The van der Waals surface area contributed by atoms with Gasteiger partial charge in [-0.1, -0.05) is 13.8 Å². The van der Waals surface area contributed by atoms with Crippen LogP contribution in [0.3, 0.4) is 0 Å². The van der Waals surface area contributed by atoms with E-state index >= 15 is 0 Å². The summed E-state index contributed by atoms with van der Waals surface area (Å²) in [7, 11) is 2.11. The van der Waals surface area contributed by atoms with Crippen molar-refractivity contribution in [1.29, 1.82) is 0 Å². The Kier molecular flexibility index (Phi) is 5.00. The van der Waals surface area contributed by atoms with E-state index in [9.17, 15) is 4.79 Å². The molecule has 0 aliphatic carbocycles. The number of ether oxygens (including phenoxy) is 1. The fourth-order valence-electron chi connectivity index (χ4n) is 3.23. The number of aromatic nitrogens is 2. The van der Waals surface area contributed by atoms with Gasteiger partial charge in [0.25, 0.3) is 5.91 Å². The molecule has 0 unspecified atom stereocenters. The quantitative estimate of drug-likeness (QED) is 0.846. The fourth-order valence-corrected chi connectivity index (χ4v) is 3.23. The minimum absolute atomic E-state index is 0.208.